The average molecular weight is 340 g/mol. The quantitative estimate of drug-likeness (QED) is 0.846. The summed E-state index contributed by atoms with van der Waals surface area (Å²) in [7, 11) is 0. The van der Waals surface area contributed by atoms with Crippen LogP contribution in [0.25, 0.3) is 0 Å². The highest BCUT2D eigenvalue weighted by atomic mass is 19.1. The monoisotopic (exact) mass is 340 g/mol. The molecule has 0 radical (unpaired) electrons. The van der Waals surface area contributed by atoms with Crippen LogP contribution in [-0.4, -0.2) is 51.4 Å². The third-order valence-corrected chi connectivity index (χ3v) is 4.91. The van der Waals surface area contributed by atoms with Crippen LogP contribution in [0.5, 0.6) is 0 Å². The smallest absolute Gasteiger partial charge is 0.255 e. The Morgan fingerprint density at radius 2 is 2.08 bits per heavy atom. The van der Waals surface area contributed by atoms with E-state index < -0.39 is 0 Å². The zero-order valence-electron chi connectivity index (χ0n) is 13.5. The summed E-state index contributed by atoms with van der Waals surface area (Å²) < 4.78 is 13.3. The second-order valence-electron chi connectivity index (χ2n) is 6.56. The van der Waals surface area contributed by atoms with Crippen LogP contribution in [0.4, 0.5) is 4.39 Å². The van der Waals surface area contributed by atoms with Crippen LogP contribution in [0, 0.1) is 17.7 Å². The maximum Gasteiger partial charge on any atom is 0.255 e. The van der Waals surface area contributed by atoms with Crippen LogP contribution in [0.15, 0.2) is 42.7 Å². The zero-order valence-corrected chi connectivity index (χ0v) is 13.5. The van der Waals surface area contributed by atoms with Crippen molar-refractivity contribution in [1.82, 2.24) is 20.0 Å². The zero-order chi connectivity index (χ0) is 17.4. The van der Waals surface area contributed by atoms with Gasteiger partial charge in [-0.05, 0) is 23.8 Å². The third kappa shape index (κ3) is 2.97. The molecule has 2 amide bonds. The Bertz CT molecular complexity index is 814. The second-order valence-corrected chi connectivity index (χ2v) is 6.56. The lowest BCUT2D eigenvalue weighted by atomic mass is 10.0. The molecule has 2 atom stereocenters. The Morgan fingerprint density at radius 3 is 2.80 bits per heavy atom. The number of amides is 2. The fourth-order valence-corrected chi connectivity index (χ4v) is 3.71. The van der Waals surface area contributed by atoms with E-state index in [9.17, 15) is 14.0 Å². The van der Waals surface area contributed by atoms with E-state index in [-0.39, 0.29) is 29.5 Å². The molecule has 2 aliphatic rings. The standard InChI is InChI=1S/C18H17FN4O2/c19-15-3-1-2-12(6-15)8-22-9-14-10-23(11-16(14)18(22)25)17(24)13-4-5-20-21-7-13/h1-7,14,16H,8-11H2/t14-,16+/m0/s1. The number of likely N-dealkylation sites (tertiary alicyclic amines) is 2. The van der Waals surface area contributed by atoms with Crippen molar-refractivity contribution in [2.24, 2.45) is 11.8 Å². The Morgan fingerprint density at radius 1 is 1.20 bits per heavy atom. The molecule has 128 valence electrons. The largest absolute Gasteiger partial charge is 0.338 e. The van der Waals surface area contributed by atoms with E-state index in [0.29, 0.717) is 31.7 Å². The number of rotatable bonds is 3. The Labute approximate surface area is 144 Å². The first-order chi connectivity index (χ1) is 12.1. The van der Waals surface area contributed by atoms with Gasteiger partial charge in [0.2, 0.25) is 5.91 Å². The van der Waals surface area contributed by atoms with E-state index in [2.05, 4.69) is 10.2 Å². The molecule has 1 aromatic heterocycles. The predicted octanol–water partition coefficient (Wildman–Crippen LogP) is 1.35. The molecule has 0 bridgehead atoms. The Balaban J connectivity index is 1.42. The first-order valence-electron chi connectivity index (χ1n) is 8.21. The number of carbonyl (C=O) groups excluding carboxylic acids is 2. The van der Waals surface area contributed by atoms with E-state index in [1.165, 1.54) is 24.5 Å². The van der Waals surface area contributed by atoms with Crippen LogP contribution in [0.3, 0.4) is 0 Å². The molecule has 0 unspecified atom stereocenters. The molecule has 0 saturated carbocycles. The topological polar surface area (TPSA) is 66.4 Å². The maximum atomic E-state index is 13.3. The summed E-state index contributed by atoms with van der Waals surface area (Å²) in [6.45, 7) is 1.98. The van der Waals surface area contributed by atoms with Crippen LogP contribution in [-0.2, 0) is 11.3 Å². The normalized spacial score (nSPS) is 22.4. The molecule has 1 aromatic carbocycles. The van der Waals surface area contributed by atoms with Crippen molar-refractivity contribution >= 4 is 11.8 Å². The lowest BCUT2D eigenvalue weighted by Gasteiger charge is -2.22. The molecule has 0 aliphatic carbocycles. The van der Waals surface area contributed by atoms with Crippen LogP contribution in [0.1, 0.15) is 15.9 Å². The van der Waals surface area contributed by atoms with Crippen molar-refractivity contribution in [1.29, 1.82) is 0 Å². The number of hydrogen-bond donors (Lipinski definition) is 0. The summed E-state index contributed by atoms with van der Waals surface area (Å²) in [6, 6.07) is 7.93. The molecule has 7 heteroatoms. The van der Waals surface area contributed by atoms with Gasteiger partial charge in [0.15, 0.2) is 0 Å². The molecular weight excluding hydrogens is 323 g/mol. The number of hydrogen-bond acceptors (Lipinski definition) is 4. The van der Waals surface area contributed by atoms with E-state index in [0.717, 1.165) is 5.56 Å². The van der Waals surface area contributed by atoms with Gasteiger partial charge in [-0.25, -0.2) is 4.39 Å². The number of benzene rings is 1. The highest BCUT2D eigenvalue weighted by Gasteiger charge is 2.47. The van der Waals surface area contributed by atoms with Gasteiger partial charge in [-0.2, -0.15) is 10.2 Å². The second kappa shape index (κ2) is 6.23. The minimum absolute atomic E-state index is 0.0393. The molecule has 0 spiro atoms. The first-order valence-corrected chi connectivity index (χ1v) is 8.21. The minimum Gasteiger partial charge on any atom is -0.338 e. The molecule has 2 aromatic rings. The Hall–Kier alpha value is -2.83. The minimum atomic E-state index is -0.299. The van der Waals surface area contributed by atoms with Crippen LogP contribution < -0.4 is 0 Å². The van der Waals surface area contributed by atoms with E-state index in [4.69, 9.17) is 0 Å². The molecule has 3 heterocycles. The van der Waals surface area contributed by atoms with Crippen molar-refractivity contribution in [2.75, 3.05) is 19.6 Å². The molecule has 6 nitrogen and oxygen atoms in total. The van der Waals surface area contributed by atoms with Crippen molar-refractivity contribution in [2.45, 2.75) is 6.54 Å². The molecule has 2 saturated heterocycles. The predicted molar refractivity (Wildman–Crippen MR) is 86.7 cm³/mol. The van der Waals surface area contributed by atoms with Gasteiger partial charge < -0.3 is 9.80 Å². The molecular formula is C18H17FN4O2. The molecule has 2 aliphatic heterocycles. The van der Waals surface area contributed by atoms with Gasteiger partial charge in [-0.1, -0.05) is 12.1 Å². The van der Waals surface area contributed by atoms with Crippen molar-refractivity contribution in [3.05, 3.63) is 59.7 Å². The number of carbonyl (C=O) groups is 2. The summed E-state index contributed by atoms with van der Waals surface area (Å²) in [6.07, 6.45) is 2.92. The van der Waals surface area contributed by atoms with Gasteiger partial charge in [0.05, 0.1) is 23.9 Å². The first kappa shape index (κ1) is 15.7. The van der Waals surface area contributed by atoms with Crippen LogP contribution >= 0.6 is 0 Å². The van der Waals surface area contributed by atoms with Gasteiger partial charge in [-0.3, -0.25) is 9.59 Å². The average Bonchev–Trinajstić information content (AvgIpc) is 3.15. The van der Waals surface area contributed by atoms with Crippen molar-refractivity contribution in [3.63, 3.8) is 0 Å². The third-order valence-electron chi connectivity index (χ3n) is 4.91. The van der Waals surface area contributed by atoms with Gasteiger partial charge in [-0.15, -0.1) is 0 Å². The summed E-state index contributed by atoms with van der Waals surface area (Å²) in [4.78, 5) is 28.6. The number of fused-ring (bicyclic) bond motifs is 1. The summed E-state index contributed by atoms with van der Waals surface area (Å²) in [5.41, 5.74) is 1.27. The van der Waals surface area contributed by atoms with Crippen molar-refractivity contribution in [3.8, 4) is 0 Å². The summed E-state index contributed by atoms with van der Waals surface area (Å²) >= 11 is 0. The van der Waals surface area contributed by atoms with E-state index >= 15 is 0 Å². The number of aromatic nitrogens is 2. The molecule has 2 fully saturated rings. The lowest BCUT2D eigenvalue weighted by molar-refractivity contribution is -0.131. The fraction of sp³-hybridized carbons (Fsp3) is 0.333. The summed E-state index contributed by atoms with van der Waals surface area (Å²) in [5, 5.41) is 7.40. The van der Waals surface area contributed by atoms with Gasteiger partial charge in [0.25, 0.3) is 5.91 Å². The van der Waals surface area contributed by atoms with E-state index in [1.807, 2.05) is 6.07 Å². The number of nitrogens with zero attached hydrogens (tertiary/aromatic N) is 4. The number of halogens is 1. The SMILES string of the molecule is O=C(c1ccnnc1)N1C[C@@H]2CN(Cc3cccc(F)c3)C(=O)[C@@H]2C1. The highest BCUT2D eigenvalue weighted by Crippen LogP contribution is 2.33. The molecule has 0 N–H and O–H groups in total. The van der Waals surface area contributed by atoms with Gasteiger partial charge in [0, 0.05) is 32.1 Å². The molecule has 25 heavy (non-hydrogen) atoms. The fourth-order valence-electron chi connectivity index (χ4n) is 3.71. The van der Waals surface area contributed by atoms with E-state index in [1.54, 1.807) is 21.9 Å². The maximum absolute atomic E-state index is 13.3. The molecule has 4 rings (SSSR count). The van der Waals surface area contributed by atoms with Crippen LogP contribution in [0.2, 0.25) is 0 Å². The van der Waals surface area contributed by atoms with Crippen molar-refractivity contribution < 1.29 is 14.0 Å². The van der Waals surface area contributed by atoms with Gasteiger partial charge in [0.1, 0.15) is 5.82 Å². The lowest BCUT2D eigenvalue weighted by Crippen LogP contribution is -2.35. The van der Waals surface area contributed by atoms with Gasteiger partial charge >= 0.3 is 0 Å². The Kier molecular flexibility index (Phi) is 3.91. The highest BCUT2D eigenvalue weighted by molar-refractivity contribution is 5.95. The summed E-state index contributed by atoms with van der Waals surface area (Å²) in [5.74, 6) is -0.426.